The minimum absolute atomic E-state index is 0.0172. The van der Waals surface area contributed by atoms with E-state index in [1.54, 1.807) is 23.4 Å². The van der Waals surface area contributed by atoms with Crippen LogP contribution in [0.25, 0.3) is 22.1 Å². The second kappa shape index (κ2) is 9.57. The molecule has 1 amide bonds. The molecule has 8 heteroatoms. The molecule has 0 radical (unpaired) electrons. The van der Waals surface area contributed by atoms with Crippen molar-refractivity contribution in [3.63, 3.8) is 0 Å². The lowest BCUT2D eigenvalue weighted by molar-refractivity contribution is -0.130. The Bertz CT molecular complexity index is 1290. The number of Topliss-reactive ketones (excluding diaryl/α,β-unsaturated/α-hetero) is 1. The predicted octanol–water partition coefficient (Wildman–Crippen LogP) is 3.90. The smallest absolute Gasteiger partial charge is 0.253 e. The first kappa shape index (κ1) is 23.3. The molecule has 3 heterocycles. The average molecular weight is 458 g/mol. The van der Waals surface area contributed by atoms with Crippen LogP contribution >= 0.6 is 0 Å². The van der Waals surface area contributed by atoms with Crippen LogP contribution in [-0.4, -0.2) is 57.8 Å². The molecule has 4 rings (SSSR count). The number of carbonyl (C=O) groups is 2. The van der Waals surface area contributed by atoms with Gasteiger partial charge in [0.25, 0.3) is 11.6 Å². The number of aromatic nitrogens is 3. The Balaban J connectivity index is 1.51. The molecule has 174 valence electrons. The lowest BCUT2D eigenvalue weighted by Crippen LogP contribution is -2.41. The third-order valence-electron chi connectivity index (χ3n) is 5.66. The summed E-state index contributed by atoms with van der Waals surface area (Å²) in [5.41, 5.74) is 3.85. The molecule has 1 aromatic carbocycles. The monoisotopic (exact) mass is 457 g/mol. The summed E-state index contributed by atoms with van der Waals surface area (Å²) in [6.07, 6.45) is 5.54. The van der Waals surface area contributed by atoms with Crippen molar-refractivity contribution >= 4 is 28.9 Å². The molecule has 8 nitrogen and oxygen atoms in total. The van der Waals surface area contributed by atoms with E-state index in [1.807, 2.05) is 45.0 Å². The zero-order valence-corrected chi connectivity index (χ0v) is 19.6. The molecular weight excluding hydrogens is 430 g/mol. The van der Waals surface area contributed by atoms with Gasteiger partial charge in [0.1, 0.15) is 5.52 Å². The second-order valence-corrected chi connectivity index (χ2v) is 9.30. The Morgan fingerprint density at radius 1 is 1.21 bits per heavy atom. The van der Waals surface area contributed by atoms with Crippen molar-refractivity contribution in [3.8, 4) is 0 Å². The molecule has 1 aliphatic rings. The number of aromatic amines is 1. The molecule has 2 aromatic heterocycles. The van der Waals surface area contributed by atoms with Crippen molar-refractivity contribution in [3.05, 3.63) is 76.2 Å². The van der Waals surface area contributed by atoms with Crippen LogP contribution in [0.5, 0.6) is 0 Å². The molecule has 0 atom stereocenters. The molecule has 34 heavy (non-hydrogen) atoms. The summed E-state index contributed by atoms with van der Waals surface area (Å²) in [6.45, 7) is 15.1. The van der Waals surface area contributed by atoms with Crippen LogP contribution in [0.4, 0.5) is 0 Å². The number of morpholine rings is 1. The number of hydrogen-bond acceptors (Lipinski definition) is 5. The van der Waals surface area contributed by atoms with Gasteiger partial charge >= 0.3 is 0 Å². The second-order valence-electron chi connectivity index (χ2n) is 9.30. The first-order chi connectivity index (χ1) is 16.3. The van der Waals surface area contributed by atoms with Gasteiger partial charge in [-0.3, -0.25) is 9.59 Å². The van der Waals surface area contributed by atoms with E-state index >= 15 is 0 Å². The number of amides is 1. The van der Waals surface area contributed by atoms with Gasteiger partial charge in [-0.05, 0) is 17.2 Å². The molecular formula is C26H27N5O3. The molecule has 3 aromatic rings. The summed E-state index contributed by atoms with van der Waals surface area (Å²) < 4.78 is 5.28. The predicted molar refractivity (Wildman–Crippen MR) is 129 cm³/mol. The normalized spacial score (nSPS) is 14.8. The van der Waals surface area contributed by atoms with E-state index in [9.17, 15) is 9.59 Å². The lowest BCUT2D eigenvalue weighted by Gasteiger charge is -2.26. The topological polar surface area (TPSA) is 92.5 Å². The summed E-state index contributed by atoms with van der Waals surface area (Å²) in [7, 11) is 0. The van der Waals surface area contributed by atoms with E-state index in [2.05, 4.69) is 14.8 Å². The third kappa shape index (κ3) is 5.05. The number of nitrogens with one attached hydrogen (secondary N) is 1. The molecule has 1 fully saturated rings. The number of hydrogen-bond donors (Lipinski definition) is 1. The molecule has 0 unspecified atom stereocenters. The Morgan fingerprint density at radius 3 is 2.56 bits per heavy atom. The Labute approximate surface area is 198 Å². The maximum absolute atomic E-state index is 12.8. The number of fused-ring (bicyclic) bond motifs is 1. The van der Waals surface area contributed by atoms with E-state index in [-0.39, 0.29) is 17.4 Å². The number of nitrogens with zero attached hydrogens (tertiary/aromatic N) is 4. The van der Waals surface area contributed by atoms with Gasteiger partial charge in [0.05, 0.1) is 37.2 Å². The number of carbonyl (C=O) groups excluding carboxylic acids is 2. The third-order valence-corrected chi connectivity index (χ3v) is 5.66. The lowest BCUT2D eigenvalue weighted by atomic mass is 9.87. The van der Waals surface area contributed by atoms with E-state index < -0.39 is 5.41 Å². The van der Waals surface area contributed by atoms with Gasteiger partial charge in [-0.15, -0.1) is 0 Å². The SMILES string of the molecule is [C-]#[N+]C(=Cc1ccc(Cc2cnc3[nH]cc(C(=O)C(C)(C)C)c3n2)cc1)C(=O)N1CCOCC1. The summed E-state index contributed by atoms with van der Waals surface area (Å²) in [6, 6.07) is 7.64. The van der Waals surface area contributed by atoms with Crippen LogP contribution in [0.2, 0.25) is 0 Å². The van der Waals surface area contributed by atoms with Gasteiger partial charge in [0.15, 0.2) is 11.4 Å². The Kier molecular flexibility index (Phi) is 6.57. The largest absolute Gasteiger partial charge is 0.378 e. The number of ether oxygens (including phenoxy) is 1. The van der Waals surface area contributed by atoms with E-state index in [4.69, 9.17) is 16.3 Å². The van der Waals surface area contributed by atoms with Gasteiger partial charge in [-0.25, -0.2) is 14.8 Å². The Hall–Kier alpha value is -3.83. The summed E-state index contributed by atoms with van der Waals surface area (Å²) >= 11 is 0. The van der Waals surface area contributed by atoms with Crippen LogP contribution in [-0.2, 0) is 16.0 Å². The zero-order chi connectivity index (χ0) is 24.3. The fourth-order valence-corrected chi connectivity index (χ4v) is 3.76. The number of ketones is 1. The fraction of sp³-hybridized carbons (Fsp3) is 0.346. The van der Waals surface area contributed by atoms with Gasteiger partial charge < -0.3 is 14.6 Å². The average Bonchev–Trinajstić information content (AvgIpc) is 3.25. The Morgan fingerprint density at radius 2 is 1.91 bits per heavy atom. The number of H-pyrrole nitrogens is 1. The first-order valence-corrected chi connectivity index (χ1v) is 11.2. The van der Waals surface area contributed by atoms with Gasteiger partial charge in [-0.1, -0.05) is 45.0 Å². The summed E-state index contributed by atoms with van der Waals surface area (Å²) in [5, 5.41) is 0. The highest BCUT2D eigenvalue weighted by molar-refractivity contribution is 6.08. The summed E-state index contributed by atoms with van der Waals surface area (Å²) in [5.74, 6) is -0.248. The molecule has 0 saturated carbocycles. The fourth-order valence-electron chi connectivity index (χ4n) is 3.76. The van der Waals surface area contributed by atoms with Crippen LogP contribution in [0.1, 0.15) is 48.0 Å². The highest BCUT2D eigenvalue weighted by Crippen LogP contribution is 2.25. The zero-order valence-electron chi connectivity index (χ0n) is 19.6. The van der Waals surface area contributed by atoms with E-state index in [0.29, 0.717) is 49.5 Å². The maximum atomic E-state index is 12.8. The van der Waals surface area contributed by atoms with Crippen molar-refractivity contribution in [1.29, 1.82) is 0 Å². The highest BCUT2D eigenvalue weighted by Gasteiger charge is 2.26. The van der Waals surface area contributed by atoms with Crippen molar-refractivity contribution in [2.24, 2.45) is 5.41 Å². The van der Waals surface area contributed by atoms with Crippen LogP contribution in [0.15, 0.2) is 42.4 Å². The van der Waals surface area contributed by atoms with E-state index in [0.717, 1.165) is 16.8 Å². The van der Waals surface area contributed by atoms with E-state index in [1.165, 1.54) is 0 Å². The highest BCUT2D eigenvalue weighted by atomic mass is 16.5. The van der Waals surface area contributed by atoms with Gasteiger partial charge in [-0.2, -0.15) is 0 Å². The molecule has 0 bridgehead atoms. The molecule has 0 spiro atoms. The van der Waals surface area contributed by atoms with Crippen molar-refractivity contribution < 1.29 is 14.3 Å². The maximum Gasteiger partial charge on any atom is 0.253 e. The molecule has 1 N–H and O–H groups in total. The van der Waals surface area contributed by atoms with Crippen molar-refractivity contribution in [2.45, 2.75) is 27.2 Å². The van der Waals surface area contributed by atoms with Gasteiger partial charge in [0.2, 0.25) is 0 Å². The standard InChI is InChI=1S/C26H27N5O3/c1-26(2,3)23(32)20-16-29-24-22(20)30-19(15-28-24)13-17-5-7-18(8-6-17)14-21(27-4)25(33)31-9-11-34-12-10-31/h5-8,14-16H,9-13H2,1-3H3,(H,28,29). The van der Waals surface area contributed by atoms with Crippen molar-refractivity contribution in [2.75, 3.05) is 26.3 Å². The molecule has 1 aliphatic heterocycles. The minimum atomic E-state index is -0.510. The molecule has 1 saturated heterocycles. The number of benzene rings is 1. The molecule has 0 aliphatic carbocycles. The summed E-state index contributed by atoms with van der Waals surface area (Å²) in [4.78, 5) is 42.6. The van der Waals surface area contributed by atoms with Crippen LogP contribution in [0, 0.1) is 12.0 Å². The quantitative estimate of drug-likeness (QED) is 0.356. The van der Waals surface area contributed by atoms with Crippen LogP contribution < -0.4 is 0 Å². The van der Waals surface area contributed by atoms with Gasteiger partial charge in [0, 0.05) is 31.1 Å². The first-order valence-electron chi connectivity index (χ1n) is 11.2. The number of rotatable bonds is 5. The minimum Gasteiger partial charge on any atom is -0.378 e. The van der Waals surface area contributed by atoms with Crippen LogP contribution in [0.3, 0.4) is 0 Å². The van der Waals surface area contributed by atoms with Crippen molar-refractivity contribution in [1.82, 2.24) is 19.9 Å².